The number of amides is 1. The molecule has 1 aromatic carbocycles. The van der Waals surface area contributed by atoms with Gasteiger partial charge in [-0.05, 0) is 45.9 Å². The third-order valence-corrected chi connectivity index (χ3v) is 4.27. The van der Waals surface area contributed by atoms with Crippen LogP contribution < -0.4 is 10.1 Å². The number of carboxylic acid groups (broad SMARTS) is 1. The lowest BCUT2D eigenvalue weighted by molar-refractivity contribution is -0.139. The number of rotatable bonds is 8. The Bertz CT molecular complexity index is 598. The zero-order valence-corrected chi connectivity index (χ0v) is 16.2. The predicted molar refractivity (Wildman–Crippen MR) is 99.3 cm³/mol. The molecule has 0 fully saturated rings. The molecule has 7 heteroatoms. The smallest absolute Gasteiger partial charge is 0.408 e. The number of methoxy groups -OCH3 is 1. The summed E-state index contributed by atoms with van der Waals surface area (Å²) >= 11 is 1.60. The quantitative estimate of drug-likeness (QED) is 0.681. The lowest BCUT2D eigenvalue weighted by Gasteiger charge is -2.22. The monoisotopic (exact) mass is 369 g/mol. The third-order valence-electron chi connectivity index (χ3n) is 3.23. The maximum absolute atomic E-state index is 11.7. The van der Waals surface area contributed by atoms with E-state index in [1.807, 2.05) is 19.1 Å². The molecule has 0 heterocycles. The van der Waals surface area contributed by atoms with Gasteiger partial charge in [0.15, 0.2) is 0 Å². The van der Waals surface area contributed by atoms with E-state index in [0.717, 1.165) is 16.9 Å². The molecule has 0 aliphatic heterocycles. The van der Waals surface area contributed by atoms with Crippen molar-refractivity contribution in [1.82, 2.24) is 5.32 Å². The Morgan fingerprint density at radius 2 is 2.00 bits per heavy atom. The first-order chi connectivity index (χ1) is 11.6. The van der Waals surface area contributed by atoms with Gasteiger partial charge in [0.05, 0.1) is 7.11 Å². The molecule has 1 amide bonds. The fourth-order valence-corrected chi connectivity index (χ4v) is 3.10. The fraction of sp³-hybridized carbons (Fsp3) is 0.556. The van der Waals surface area contributed by atoms with E-state index < -0.39 is 23.7 Å². The Kier molecular flexibility index (Phi) is 8.09. The lowest BCUT2D eigenvalue weighted by atomic mass is 10.1. The number of hydrogen-bond donors (Lipinski definition) is 2. The number of aryl methyl sites for hydroxylation is 1. The first-order valence-corrected chi connectivity index (χ1v) is 9.21. The molecule has 1 atom stereocenters. The number of thioether (sulfide) groups is 1. The summed E-state index contributed by atoms with van der Waals surface area (Å²) in [6, 6.07) is 4.99. The van der Waals surface area contributed by atoms with Gasteiger partial charge in [0.1, 0.15) is 17.4 Å². The molecule has 0 saturated carbocycles. The summed E-state index contributed by atoms with van der Waals surface area (Å²) < 4.78 is 10.4. The van der Waals surface area contributed by atoms with Crippen molar-refractivity contribution in [2.75, 3.05) is 12.9 Å². The minimum absolute atomic E-state index is 0.313. The Balaban J connectivity index is 2.50. The zero-order valence-electron chi connectivity index (χ0n) is 15.4. The second kappa shape index (κ2) is 9.56. The van der Waals surface area contributed by atoms with Gasteiger partial charge in [-0.15, -0.1) is 0 Å². The van der Waals surface area contributed by atoms with Crippen LogP contribution in [0.25, 0.3) is 0 Å². The molecule has 25 heavy (non-hydrogen) atoms. The van der Waals surface area contributed by atoms with Gasteiger partial charge in [-0.25, -0.2) is 9.59 Å². The Labute approximate surface area is 153 Å². The van der Waals surface area contributed by atoms with Gasteiger partial charge in [-0.3, -0.25) is 0 Å². The second-order valence-electron chi connectivity index (χ2n) is 6.69. The number of carbonyl (C=O) groups is 2. The van der Waals surface area contributed by atoms with E-state index >= 15 is 0 Å². The SMILES string of the molecule is COc1ccc(C)cc1CSCCC(NC(=O)OC(C)(C)C)C(=O)O. The summed E-state index contributed by atoms with van der Waals surface area (Å²) in [6.45, 7) is 7.20. The van der Waals surface area contributed by atoms with Crippen LogP contribution in [0.2, 0.25) is 0 Å². The number of aliphatic carboxylic acids is 1. The first kappa shape index (κ1) is 21.2. The molecule has 6 nitrogen and oxygen atoms in total. The van der Waals surface area contributed by atoms with E-state index in [1.165, 1.54) is 0 Å². The third kappa shape index (κ3) is 8.16. The first-order valence-electron chi connectivity index (χ1n) is 8.06. The molecule has 2 N–H and O–H groups in total. The summed E-state index contributed by atoms with van der Waals surface area (Å²) in [4.78, 5) is 23.0. The topological polar surface area (TPSA) is 84.9 Å². The molecule has 1 aromatic rings. The number of carbonyl (C=O) groups excluding carboxylic acids is 1. The van der Waals surface area contributed by atoms with E-state index in [4.69, 9.17) is 9.47 Å². The average Bonchev–Trinajstić information content (AvgIpc) is 2.48. The van der Waals surface area contributed by atoms with Crippen LogP contribution in [-0.4, -0.2) is 41.7 Å². The van der Waals surface area contributed by atoms with Crippen LogP contribution in [-0.2, 0) is 15.3 Å². The molecule has 140 valence electrons. The molecule has 1 rings (SSSR count). The Morgan fingerprint density at radius 3 is 2.56 bits per heavy atom. The van der Waals surface area contributed by atoms with Crippen LogP contribution in [0.15, 0.2) is 18.2 Å². The van der Waals surface area contributed by atoms with E-state index in [-0.39, 0.29) is 0 Å². The van der Waals surface area contributed by atoms with Gasteiger partial charge in [-0.2, -0.15) is 11.8 Å². The molecule has 0 aromatic heterocycles. The van der Waals surface area contributed by atoms with Crippen molar-refractivity contribution in [3.8, 4) is 5.75 Å². The van der Waals surface area contributed by atoms with Crippen molar-refractivity contribution in [2.24, 2.45) is 0 Å². The highest BCUT2D eigenvalue weighted by molar-refractivity contribution is 7.98. The normalized spacial score (nSPS) is 12.4. The van der Waals surface area contributed by atoms with E-state index in [9.17, 15) is 14.7 Å². The summed E-state index contributed by atoms with van der Waals surface area (Å²) in [7, 11) is 1.63. The number of ether oxygens (including phenoxy) is 2. The van der Waals surface area contributed by atoms with Crippen molar-refractivity contribution >= 4 is 23.8 Å². The summed E-state index contributed by atoms with van der Waals surface area (Å²) in [5.41, 5.74) is 1.55. The van der Waals surface area contributed by atoms with Crippen LogP contribution in [0, 0.1) is 6.92 Å². The molecular formula is C18H27NO5S. The van der Waals surface area contributed by atoms with Crippen LogP contribution in [0.4, 0.5) is 4.79 Å². The van der Waals surface area contributed by atoms with Crippen molar-refractivity contribution in [1.29, 1.82) is 0 Å². The molecule has 0 radical (unpaired) electrons. The largest absolute Gasteiger partial charge is 0.496 e. The minimum Gasteiger partial charge on any atom is -0.496 e. The molecule has 0 bridgehead atoms. The summed E-state index contributed by atoms with van der Waals surface area (Å²) in [5, 5.41) is 11.7. The molecule has 0 saturated heterocycles. The van der Waals surface area contributed by atoms with Crippen LogP contribution in [0.5, 0.6) is 5.75 Å². The standard InChI is InChI=1S/C18H27NO5S/c1-12-6-7-15(23-5)13(10-12)11-25-9-8-14(16(20)21)19-17(22)24-18(2,3)4/h6-7,10,14H,8-9,11H2,1-5H3,(H,19,22)(H,20,21). The van der Waals surface area contributed by atoms with E-state index in [1.54, 1.807) is 39.6 Å². The van der Waals surface area contributed by atoms with E-state index in [0.29, 0.717) is 17.9 Å². The second-order valence-corrected chi connectivity index (χ2v) is 7.80. The van der Waals surface area contributed by atoms with Gasteiger partial charge in [0, 0.05) is 11.3 Å². The van der Waals surface area contributed by atoms with Gasteiger partial charge >= 0.3 is 12.1 Å². The zero-order chi connectivity index (χ0) is 19.0. The van der Waals surface area contributed by atoms with Gasteiger partial charge in [-0.1, -0.05) is 17.7 Å². The minimum atomic E-state index is -1.07. The van der Waals surface area contributed by atoms with Gasteiger partial charge in [0.25, 0.3) is 0 Å². The molecular weight excluding hydrogens is 342 g/mol. The van der Waals surface area contributed by atoms with Gasteiger partial charge < -0.3 is 19.9 Å². The highest BCUT2D eigenvalue weighted by Gasteiger charge is 2.23. The molecule has 0 aliphatic carbocycles. The molecule has 0 aliphatic rings. The number of nitrogens with one attached hydrogen (secondary N) is 1. The molecule has 1 unspecified atom stereocenters. The highest BCUT2D eigenvalue weighted by atomic mass is 32.2. The summed E-state index contributed by atoms with van der Waals surface area (Å²) in [6.07, 6.45) is -0.404. The maximum Gasteiger partial charge on any atom is 0.408 e. The number of hydrogen-bond acceptors (Lipinski definition) is 5. The molecule has 0 spiro atoms. The van der Waals surface area contributed by atoms with Crippen molar-refractivity contribution in [2.45, 2.75) is 51.5 Å². The van der Waals surface area contributed by atoms with Crippen LogP contribution in [0.1, 0.15) is 38.3 Å². The van der Waals surface area contributed by atoms with Crippen molar-refractivity contribution < 1.29 is 24.2 Å². The maximum atomic E-state index is 11.7. The highest BCUT2D eigenvalue weighted by Crippen LogP contribution is 2.24. The number of benzene rings is 1. The fourth-order valence-electron chi connectivity index (χ4n) is 2.11. The Morgan fingerprint density at radius 1 is 1.32 bits per heavy atom. The van der Waals surface area contributed by atoms with E-state index in [2.05, 4.69) is 11.4 Å². The Hall–Kier alpha value is -1.89. The average molecular weight is 369 g/mol. The lowest BCUT2D eigenvalue weighted by Crippen LogP contribution is -2.43. The van der Waals surface area contributed by atoms with Crippen LogP contribution in [0.3, 0.4) is 0 Å². The van der Waals surface area contributed by atoms with Crippen molar-refractivity contribution in [3.63, 3.8) is 0 Å². The number of alkyl carbamates (subject to hydrolysis) is 1. The van der Waals surface area contributed by atoms with Crippen molar-refractivity contribution in [3.05, 3.63) is 29.3 Å². The van der Waals surface area contributed by atoms with Crippen LogP contribution >= 0.6 is 11.8 Å². The predicted octanol–water partition coefficient (Wildman–Crippen LogP) is 3.60. The summed E-state index contributed by atoms with van der Waals surface area (Å²) in [5.74, 6) is 1.05. The number of carboxylic acids is 1. The van der Waals surface area contributed by atoms with Gasteiger partial charge in [0.2, 0.25) is 0 Å².